The summed E-state index contributed by atoms with van der Waals surface area (Å²) < 4.78 is 5.16. The van der Waals surface area contributed by atoms with Crippen LogP contribution in [0.3, 0.4) is 0 Å². The third-order valence-electron chi connectivity index (χ3n) is 1.23. The van der Waals surface area contributed by atoms with Gasteiger partial charge < -0.3 is 20.5 Å². The van der Waals surface area contributed by atoms with E-state index in [-0.39, 0.29) is 6.61 Å². The first kappa shape index (κ1) is 11.2. The largest absolute Gasteiger partial charge is 0.434 e. The van der Waals surface area contributed by atoms with E-state index in [4.69, 9.17) is 15.2 Å². The van der Waals surface area contributed by atoms with Crippen LogP contribution in [-0.2, 0) is 4.65 Å². The summed E-state index contributed by atoms with van der Waals surface area (Å²) in [4.78, 5) is 0. The maximum atomic E-state index is 8.44. The molecule has 5 heteroatoms. The van der Waals surface area contributed by atoms with Crippen LogP contribution in [0.15, 0.2) is 11.7 Å². The standard InChI is InChI=1S/C7H15BN2O2/c1-10-6-7(5-9)8-12-4-2-3-11/h5-6,8-11H,2-4H2,1H3/b7-6+,9-5?. The van der Waals surface area contributed by atoms with Crippen molar-refractivity contribution in [1.82, 2.24) is 5.32 Å². The number of aliphatic hydroxyl groups excluding tert-OH is 1. The smallest absolute Gasteiger partial charge is 0.311 e. The molecule has 0 fully saturated rings. The van der Waals surface area contributed by atoms with E-state index in [1.807, 2.05) is 0 Å². The maximum Gasteiger partial charge on any atom is 0.311 e. The molecule has 0 unspecified atom stereocenters. The van der Waals surface area contributed by atoms with Crippen LogP contribution < -0.4 is 5.32 Å². The molecular formula is C7H15BN2O2. The Bertz CT molecular complexity index is 150. The monoisotopic (exact) mass is 170 g/mol. The summed E-state index contributed by atoms with van der Waals surface area (Å²) in [6, 6.07) is 0. The lowest BCUT2D eigenvalue weighted by Crippen LogP contribution is -2.09. The van der Waals surface area contributed by atoms with Crippen molar-refractivity contribution >= 4 is 13.7 Å². The highest BCUT2D eigenvalue weighted by Crippen LogP contribution is 1.87. The van der Waals surface area contributed by atoms with Gasteiger partial charge in [0.2, 0.25) is 0 Å². The molecule has 0 rings (SSSR count). The highest BCUT2D eigenvalue weighted by molar-refractivity contribution is 6.45. The highest BCUT2D eigenvalue weighted by atomic mass is 16.4. The normalized spacial score (nSPS) is 11.0. The van der Waals surface area contributed by atoms with Gasteiger partial charge in [-0.1, -0.05) is 0 Å². The SMILES string of the molecule is CN/C=C(/BOCCCO)C=N. The van der Waals surface area contributed by atoms with Crippen LogP contribution in [0.4, 0.5) is 0 Å². The summed E-state index contributed by atoms with van der Waals surface area (Å²) in [7, 11) is 2.20. The van der Waals surface area contributed by atoms with Gasteiger partial charge in [-0.05, 0) is 18.1 Å². The van der Waals surface area contributed by atoms with Crippen molar-refractivity contribution in [1.29, 1.82) is 5.41 Å². The molecular weight excluding hydrogens is 155 g/mol. The molecule has 0 bridgehead atoms. The van der Waals surface area contributed by atoms with E-state index in [0.717, 1.165) is 5.47 Å². The average Bonchev–Trinajstić information content (AvgIpc) is 2.10. The quantitative estimate of drug-likeness (QED) is 0.273. The summed E-state index contributed by atoms with van der Waals surface area (Å²) in [5.74, 6) is 0. The molecule has 0 heterocycles. The Kier molecular flexibility index (Phi) is 7.74. The lowest BCUT2D eigenvalue weighted by Gasteiger charge is -2.01. The van der Waals surface area contributed by atoms with Gasteiger partial charge in [0.1, 0.15) is 0 Å². The van der Waals surface area contributed by atoms with Gasteiger partial charge in [-0.2, -0.15) is 0 Å². The lowest BCUT2D eigenvalue weighted by atomic mass is 9.89. The van der Waals surface area contributed by atoms with Crippen molar-refractivity contribution in [2.75, 3.05) is 20.3 Å². The van der Waals surface area contributed by atoms with E-state index < -0.39 is 0 Å². The van der Waals surface area contributed by atoms with Gasteiger partial charge in [0.05, 0.1) is 0 Å². The minimum absolute atomic E-state index is 0.148. The van der Waals surface area contributed by atoms with Crippen molar-refractivity contribution in [2.24, 2.45) is 0 Å². The van der Waals surface area contributed by atoms with Crippen LogP contribution >= 0.6 is 0 Å². The molecule has 0 atom stereocenters. The molecule has 4 nitrogen and oxygen atoms in total. The molecule has 0 aromatic rings. The highest BCUT2D eigenvalue weighted by Gasteiger charge is 1.95. The first-order valence-electron chi connectivity index (χ1n) is 3.90. The molecule has 12 heavy (non-hydrogen) atoms. The Morgan fingerprint density at radius 3 is 3.00 bits per heavy atom. The molecule has 0 radical (unpaired) electrons. The maximum absolute atomic E-state index is 8.44. The topological polar surface area (TPSA) is 65.3 Å². The van der Waals surface area contributed by atoms with Crippen molar-refractivity contribution in [3.8, 4) is 0 Å². The number of hydrogen-bond donors (Lipinski definition) is 3. The van der Waals surface area contributed by atoms with Gasteiger partial charge in [-0.25, -0.2) is 0 Å². The van der Waals surface area contributed by atoms with Crippen LogP contribution in [0.5, 0.6) is 0 Å². The molecule has 68 valence electrons. The number of hydrogen-bond acceptors (Lipinski definition) is 4. The summed E-state index contributed by atoms with van der Waals surface area (Å²) in [6.07, 6.45) is 3.60. The predicted octanol–water partition coefficient (Wildman–Crippen LogP) is -0.553. The number of aliphatic hydroxyl groups is 1. The molecule has 3 N–H and O–H groups in total. The predicted molar refractivity (Wildman–Crippen MR) is 50.7 cm³/mol. The van der Waals surface area contributed by atoms with E-state index in [1.165, 1.54) is 6.21 Å². The van der Waals surface area contributed by atoms with Gasteiger partial charge in [0, 0.05) is 26.5 Å². The molecule has 0 amide bonds. The van der Waals surface area contributed by atoms with E-state index in [1.54, 1.807) is 13.2 Å². The molecule has 0 aromatic heterocycles. The van der Waals surface area contributed by atoms with E-state index in [9.17, 15) is 0 Å². The first-order valence-corrected chi connectivity index (χ1v) is 3.90. The second kappa shape index (κ2) is 8.29. The Labute approximate surface area is 73.4 Å². The van der Waals surface area contributed by atoms with Crippen molar-refractivity contribution in [2.45, 2.75) is 6.42 Å². The molecule has 0 aliphatic carbocycles. The Morgan fingerprint density at radius 2 is 2.50 bits per heavy atom. The van der Waals surface area contributed by atoms with Gasteiger partial charge in [0.25, 0.3) is 0 Å². The molecule has 0 aliphatic rings. The summed E-state index contributed by atoms with van der Waals surface area (Å²) in [5.41, 5.74) is 0.787. The molecule has 0 aliphatic heterocycles. The van der Waals surface area contributed by atoms with E-state index >= 15 is 0 Å². The Hall–Kier alpha value is -0.805. The fraction of sp³-hybridized carbons (Fsp3) is 0.571. The second-order valence-electron chi connectivity index (χ2n) is 2.28. The van der Waals surface area contributed by atoms with E-state index in [0.29, 0.717) is 20.5 Å². The zero-order valence-electron chi connectivity index (χ0n) is 7.34. The number of rotatable bonds is 7. The fourth-order valence-corrected chi connectivity index (χ4v) is 0.667. The van der Waals surface area contributed by atoms with Crippen molar-refractivity contribution < 1.29 is 9.76 Å². The van der Waals surface area contributed by atoms with Gasteiger partial charge >= 0.3 is 7.48 Å². The van der Waals surface area contributed by atoms with Gasteiger partial charge in [0.15, 0.2) is 0 Å². The number of nitrogens with one attached hydrogen (secondary N) is 2. The van der Waals surface area contributed by atoms with Crippen molar-refractivity contribution in [3.05, 3.63) is 11.7 Å². The van der Waals surface area contributed by atoms with Crippen LogP contribution in [0, 0.1) is 5.41 Å². The van der Waals surface area contributed by atoms with E-state index in [2.05, 4.69) is 5.32 Å². The molecule has 0 aromatic carbocycles. The van der Waals surface area contributed by atoms with Gasteiger partial charge in [-0.3, -0.25) is 0 Å². The summed E-state index contributed by atoms with van der Waals surface area (Å²) >= 11 is 0. The second-order valence-corrected chi connectivity index (χ2v) is 2.28. The number of allylic oxidation sites excluding steroid dienone is 1. The molecule has 0 spiro atoms. The minimum Gasteiger partial charge on any atom is -0.434 e. The van der Waals surface area contributed by atoms with Gasteiger partial charge in [-0.15, -0.1) is 0 Å². The molecule has 0 saturated carbocycles. The summed E-state index contributed by atoms with van der Waals surface area (Å²) in [6.45, 7) is 0.682. The zero-order chi connectivity index (χ0) is 9.23. The Morgan fingerprint density at radius 1 is 1.75 bits per heavy atom. The fourth-order valence-electron chi connectivity index (χ4n) is 0.667. The molecule has 0 saturated heterocycles. The van der Waals surface area contributed by atoms with Crippen LogP contribution in [0.1, 0.15) is 6.42 Å². The Balaban J connectivity index is 3.45. The third-order valence-corrected chi connectivity index (χ3v) is 1.23. The van der Waals surface area contributed by atoms with Crippen LogP contribution in [0.25, 0.3) is 0 Å². The van der Waals surface area contributed by atoms with Crippen LogP contribution in [0.2, 0.25) is 0 Å². The third kappa shape index (κ3) is 5.94. The average molecular weight is 170 g/mol. The minimum atomic E-state index is 0.148. The van der Waals surface area contributed by atoms with Crippen molar-refractivity contribution in [3.63, 3.8) is 0 Å². The first-order chi connectivity index (χ1) is 5.85. The lowest BCUT2D eigenvalue weighted by molar-refractivity contribution is 0.240. The summed E-state index contributed by atoms with van der Waals surface area (Å²) in [5, 5.41) is 18.2. The zero-order valence-corrected chi connectivity index (χ0v) is 7.34. The van der Waals surface area contributed by atoms with Crippen LogP contribution in [-0.4, -0.2) is 39.1 Å².